The summed E-state index contributed by atoms with van der Waals surface area (Å²) in [5, 5.41) is 8.63. The molecule has 1 saturated carbocycles. The molecular weight excluding hydrogens is 652 g/mol. The molecule has 2 amide bonds. The van der Waals surface area contributed by atoms with Crippen LogP contribution in [0.5, 0.6) is 5.75 Å². The first-order valence-electron chi connectivity index (χ1n) is 18.8. The number of carbonyl (C=O) groups excluding carboxylic acids is 2. The number of benzene rings is 1. The van der Waals surface area contributed by atoms with E-state index < -0.39 is 6.09 Å². The first-order valence-corrected chi connectivity index (χ1v) is 18.8. The molecule has 1 aliphatic carbocycles. The van der Waals surface area contributed by atoms with Gasteiger partial charge in [0.2, 0.25) is 0 Å². The Labute approximate surface area is 312 Å². The number of pyridine rings is 1. The number of hydrogen-bond donors (Lipinski definition) is 3. The number of unbranched alkanes of at least 4 members (excludes halogenated alkanes) is 2. The van der Waals surface area contributed by atoms with Crippen LogP contribution in [0.2, 0.25) is 0 Å². The molecule has 1 fully saturated rings. The van der Waals surface area contributed by atoms with Crippen LogP contribution in [0.4, 0.5) is 10.5 Å². The van der Waals surface area contributed by atoms with E-state index in [1.165, 1.54) is 50.6 Å². The van der Waals surface area contributed by atoms with Gasteiger partial charge in [-0.1, -0.05) is 89.6 Å². The number of carbonyl (C=O) groups is 2. The average Bonchev–Trinajstić information content (AvgIpc) is 3.98. The number of nitrogens with zero attached hydrogens (tertiary/aromatic N) is 3. The highest BCUT2D eigenvalue weighted by molar-refractivity contribution is 6.11. The van der Waals surface area contributed by atoms with Crippen LogP contribution < -0.4 is 20.7 Å². The van der Waals surface area contributed by atoms with Crippen LogP contribution in [0.3, 0.4) is 0 Å². The second-order valence-electron chi connectivity index (χ2n) is 12.6. The average molecular weight is 715 g/mol. The van der Waals surface area contributed by atoms with Gasteiger partial charge in [-0.2, -0.15) is 0 Å². The summed E-state index contributed by atoms with van der Waals surface area (Å²) in [6, 6.07) is 11.9. The summed E-state index contributed by atoms with van der Waals surface area (Å²) in [4.78, 5) is 37.6. The van der Waals surface area contributed by atoms with Crippen molar-refractivity contribution in [2.45, 2.75) is 104 Å². The number of nitrogens with one attached hydrogen (secondary N) is 3. The number of amides is 2. The van der Waals surface area contributed by atoms with Crippen molar-refractivity contribution in [1.29, 1.82) is 0 Å². The molecule has 52 heavy (non-hydrogen) atoms. The molecule has 1 aromatic carbocycles. The molecule has 1 atom stereocenters. The normalized spacial score (nSPS) is 14.3. The Morgan fingerprint density at radius 1 is 1.04 bits per heavy atom. The van der Waals surface area contributed by atoms with E-state index in [-0.39, 0.29) is 17.8 Å². The number of alkyl carbamates (subject to hydrolysis) is 1. The number of rotatable bonds is 19. The van der Waals surface area contributed by atoms with Crippen molar-refractivity contribution >= 4 is 35.3 Å². The number of hydrogen-bond acceptors (Lipinski definition) is 8. The molecule has 3 N–H and O–H groups in total. The van der Waals surface area contributed by atoms with Crippen LogP contribution in [0, 0.1) is 5.92 Å². The second kappa shape index (κ2) is 25.3. The lowest BCUT2D eigenvalue weighted by Crippen LogP contribution is -2.32. The largest absolute Gasteiger partial charge is 0.494 e. The standard InChI is InChI=1S/C26H35N5O4.C16H27N/c1-7-10-20(25(32)29-5)22(15-23(28-4)31-26(33)35-18-13-14-18)30-21-12-9-11-19(24(21)34-6)17(8-2)16-27-3;1-3-10-15(4-2)11-6-5-7-12-16-13-8-9-14-17-16/h8-12,15-16,18,30H,7,13-14H2,1-6H3,(H,29,32)(H,28,31,33);8-9,13-15H,3-7,10-12H2,1-2H3/b17-8+,20-10-,22-15+,27-16?;. The molecular formula is C42H62N6O4. The lowest BCUT2D eigenvalue weighted by Gasteiger charge is -2.19. The van der Waals surface area contributed by atoms with Crippen LogP contribution >= 0.6 is 0 Å². The summed E-state index contributed by atoms with van der Waals surface area (Å²) in [6.45, 7) is 8.48. The minimum atomic E-state index is -0.583. The Morgan fingerprint density at radius 3 is 2.40 bits per heavy atom. The number of anilines is 1. The molecule has 0 spiro atoms. The highest BCUT2D eigenvalue weighted by Crippen LogP contribution is 2.35. The van der Waals surface area contributed by atoms with E-state index in [1.54, 1.807) is 46.6 Å². The van der Waals surface area contributed by atoms with Crippen LogP contribution in [-0.4, -0.2) is 63.4 Å². The smallest absolute Gasteiger partial charge is 0.413 e. The topological polar surface area (TPSA) is 126 Å². The van der Waals surface area contributed by atoms with Gasteiger partial charge in [0.1, 0.15) is 17.7 Å². The van der Waals surface area contributed by atoms with Gasteiger partial charge in [0.25, 0.3) is 5.91 Å². The Balaban J connectivity index is 0.000000460. The van der Waals surface area contributed by atoms with Crippen LogP contribution in [0.1, 0.15) is 103 Å². The monoisotopic (exact) mass is 714 g/mol. The highest BCUT2D eigenvalue weighted by atomic mass is 16.6. The Kier molecular flexibility index (Phi) is 21.1. The molecule has 10 heteroatoms. The predicted molar refractivity (Wildman–Crippen MR) is 216 cm³/mol. The molecule has 0 bridgehead atoms. The Bertz CT molecular complexity index is 1530. The summed E-state index contributed by atoms with van der Waals surface area (Å²) in [5.74, 6) is 1.50. The fourth-order valence-electron chi connectivity index (χ4n) is 5.70. The number of aromatic nitrogens is 1. The van der Waals surface area contributed by atoms with Crippen molar-refractivity contribution < 1.29 is 19.1 Å². The molecule has 1 heterocycles. The first kappa shape index (κ1) is 43.4. The predicted octanol–water partition coefficient (Wildman–Crippen LogP) is 9.11. The van der Waals surface area contributed by atoms with E-state index in [1.807, 2.05) is 50.4 Å². The molecule has 284 valence electrons. The van der Waals surface area contributed by atoms with E-state index in [9.17, 15) is 9.59 Å². The minimum absolute atomic E-state index is 0.0458. The fraction of sp³-hybridized carbons (Fsp3) is 0.500. The first-order chi connectivity index (χ1) is 25.3. The van der Waals surface area contributed by atoms with Gasteiger partial charge < -0.3 is 20.1 Å². The minimum Gasteiger partial charge on any atom is -0.494 e. The van der Waals surface area contributed by atoms with E-state index in [4.69, 9.17) is 9.47 Å². The zero-order valence-electron chi connectivity index (χ0n) is 32.8. The summed E-state index contributed by atoms with van der Waals surface area (Å²) in [6.07, 6.45) is 21.4. The Hall–Kier alpha value is -4.73. The van der Waals surface area contributed by atoms with E-state index in [0.29, 0.717) is 29.1 Å². The van der Waals surface area contributed by atoms with Gasteiger partial charge in [-0.05, 0) is 68.7 Å². The van der Waals surface area contributed by atoms with Gasteiger partial charge in [0.05, 0.1) is 24.1 Å². The molecule has 3 rings (SSSR count). The number of amidine groups is 1. The molecule has 0 aliphatic heterocycles. The number of allylic oxidation sites excluding steroid dienone is 3. The maximum atomic E-state index is 12.8. The number of methoxy groups -OCH3 is 1. The van der Waals surface area contributed by atoms with Crippen molar-refractivity contribution in [1.82, 2.24) is 15.6 Å². The van der Waals surface area contributed by atoms with Crippen molar-refractivity contribution in [2.24, 2.45) is 15.9 Å². The zero-order chi connectivity index (χ0) is 38.1. The van der Waals surface area contributed by atoms with Crippen molar-refractivity contribution in [3.8, 4) is 5.75 Å². The Morgan fingerprint density at radius 2 is 1.83 bits per heavy atom. The number of ether oxygens (including phenoxy) is 2. The van der Waals surface area contributed by atoms with Gasteiger partial charge >= 0.3 is 6.09 Å². The van der Waals surface area contributed by atoms with Crippen LogP contribution in [0.15, 0.2) is 82.1 Å². The molecule has 2 aromatic rings. The lowest BCUT2D eigenvalue weighted by atomic mass is 9.94. The van der Waals surface area contributed by atoms with Gasteiger partial charge in [-0.3, -0.25) is 25.1 Å². The quantitative estimate of drug-likeness (QED) is 0.0438. The molecule has 1 aliphatic rings. The lowest BCUT2D eigenvalue weighted by molar-refractivity contribution is -0.116. The van der Waals surface area contributed by atoms with Gasteiger partial charge in [0, 0.05) is 50.9 Å². The SMILES string of the molecule is C/C=C(\C=NC)c1cccc(NC(=C/C(=NC)NC(=O)OC2CC2)/C(=C/CC)C(=O)NC)c1OC.CCCC(CC)CCCCCc1ccccn1. The fourth-order valence-corrected chi connectivity index (χ4v) is 5.70. The van der Waals surface area contributed by atoms with Crippen molar-refractivity contribution in [3.05, 3.63) is 83.4 Å². The summed E-state index contributed by atoms with van der Waals surface area (Å²) >= 11 is 0. The third-order valence-electron chi connectivity index (χ3n) is 8.64. The summed E-state index contributed by atoms with van der Waals surface area (Å²) in [7, 11) is 6.40. The number of aryl methyl sites for hydroxylation is 1. The second-order valence-corrected chi connectivity index (χ2v) is 12.6. The van der Waals surface area contributed by atoms with Crippen LogP contribution in [0.25, 0.3) is 5.57 Å². The number of aliphatic imine (C=N–C) groups is 2. The molecule has 1 aromatic heterocycles. The third-order valence-corrected chi connectivity index (χ3v) is 8.64. The molecule has 0 radical (unpaired) electrons. The molecule has 1 unspecified atom stereocenters. The molecule has 0 saturated heterocycles. The maximum Gasteiger partial charge on any atom is 0.413 e. The van der Waals surface area contributed by atoms with Gasteiger partial charge in [-0.25, -0.2) is 4.79 Å². The van der Waals surface area contributed by atoms with Crippen molar-refractivity contribution in [2.75, 3.05) is 33.6 Å². The number of likely N-dealkylation sites (N-methyl/N-ethyl adjacent to an activating group) is 1. The summed E-state index contributed by atoms with van der Waals surface area (Å²) in [5.41, 5.74) is 4.41. The van der Waals surface area contributed by atoms with E-state index >= 15 is 0 Å². The van der Waals surface area contributed by atoms with Crippen LogP contribution in [-0.2, 0) is 16.0 Å². The zero-order valence-corrected chi connectivity index (χ0v) is 32.8. The molecule has 10 nitrogen and oxygen atoms in total. The van der Waals surface area contributed by atoms with E-state index in [0.717, 1.165) is 36.3 Å². The highest BCUT2D eigenvalue weighted by Gasteiger charge is 2.26. The van der Waals surface area contributed by atoms with Gasteiger partial charge in [-0.15, -0.1) is 0 Å². The third kappa shape index (κ3) is 15.7. The van der Waals surface area contributed by atoms with Gasteiger partial charge in [0.15, 0.2) is 0 Å². The number of para-hydroxylation sites is 1. The van der Waals surface area contributed by atoms with E-state index in [2.05, 4.69) is 56.9 Å². The summed E-state index contributed by atoms with van der Waals surface area (Å²) < 4.78 is 11.0. The maximum absolute atomic E-state index is 12.8. The van der Waals surface area contributed by atoms with Crippen molar-refractivity contribution in [3.63, 3.8) is 0 Å².